The number of benzene rings is 2. The first-order chi connectivity index (χ1) is 9.42. The second kappa shape index (κ2) is 5.67. The summed E-state index contributed by atoms with van der Waals surface area (Å²) in [6, 6.07) is 20.6. The van der Waals surface area contributed by atoms with E-state index in [0.717, 1.165) is 22.9 Å². The molecule has 0 amide bonds. The van der Waals surface area contributed by atoms with Crippen molar-refractivity contribution in [1.29, 1.82) is 0 Å². The van der Waals surface area contributed by atoms with Crippen molar-refractivity contribution in [1.82, 2.24) is 4.98 Å². The van der Waals surface area contributed by atoms with Gasteiger partial charge in [0.25, 0.3) is 0 Å². The Morgan fingerprint density at radius 2 is 1.58 bits per heavy atom. The Bertz CT molecular complexity index is 632. The van der Waals surface area contributed by atoms with E-state index in [1.54, 1.807) is 11.3 Å². The van der Waals surface area contributed by atoms with Crippen LogP contribution in [0.3, 0.4) is 0 Å². The predicted molar refractivity (Wildman–Crippen MR) is 81.3 cm³/mol. The number of anilines is 1. The smallest absolute Gasteiger partial charge is 0.183 e. The van der Waals surface area contributed by atoms with Gasteiger partial charge in [0.1, 0.15) is 0 Å². The number of hydrogen-bond donors (Lipinski definition) is 1. The number of aromatic nitrogens is 1. The fraction of sp³-hybridized carbons (Fsp3) is 0.0625. The van der Waals surface area contributed by atoms with Crippen LogP contribution in [0, 0.1) is 0 Å². The molecule has 1 aromatic heterocycles. The Labute approximate surface area is 116 Å². The lowest BCUT2D eigenvalue weighted by atomic mass is 10.2. The topological polar surface area (TPSA) is 24.9 Å². The van der Waals surface area contributed by atoms with Gasteiger partial charge >= 0.3 is 0 Å². The van der Waals surface area contributed by atoms with Crippen LogP contribution in [-0.4, -0.2) is 4.98 Å². The van der Waals surface area contributed by atoms with Gasteiger partial charge in [-0.2, -0.15) is 0 Å². The summed E-state index contributed by atoms with van der Waals surface area (Å²) in [5, 5.41) is 6.41. The third kappa shape index (κ3) is 3.01. The Morgan fingerprint density at radius 3 is 2.32 bits per heavy atom. The number of rotatable bonds is 4. The average Bonchev–Trinajstić information content (AvgIpc) is 2.96. The standard InChI is InChI=1S/C16H14N2S/c1-3-7-13(8-4-1)11-17-16-18-15(12-19-16)14-9-5-2-6-10-14/h1-10,12H,11H2,(H,17,18). The van der Waals surface area contributed by atoms with Crippen LogP contribution in [0.25, 0.3) is 11.3 Å². The second-order valence-electron chi connectivity index (χ2n) is 4.24. The summed E-state index contributed by atoms with van der Waals surface area (Å²) in [6.07, 6.45) is 0. The third-order valence-electron chi connectivity index (χ3n) is 2.86. The van der Waals surface area contributed by atoms with E-state index in [9.17, 15) is 0 Å². The Balaban J connectivity index is 1.69. The van der Waals surface area contributed by atoms with E-state index < -0.39 is 0 Å². The molecule has 3 aromatic rings. The van der Waals surface area contributed by atoms with Gasteiger partial charge in [-0.05, 0) is 5.56 Å². The van der Waals surface area contributed by atoms with E-state index in [1.165, 1.54) is 5.56 Å². The predicted octanol–water partition coefficient (Wildman–Crippen LogP) is 4.42. The van der Waals surface area contributed by atoms with E-state index in [-0.39, 0.29) is 0 Å². The lowest BCUT2D eigenvalue weighted by molar-refractivity contribution is 1.14. The van der Waals surface area contributed by atoms with Crippen LogP contribution >= 0.6 is 11.3 Å². The van der Waals surface area contributed by atoms with Gasteiger partial charge in [0.05, 0.1) is 5.69 Å². The molecular formula is C16H14N2S. The van der Waals surface area contributed by atoms with Crippen LogP contribution in [0.1, 0.15) is 5.56 Å². The van der Waals surface area contributed by atoms with Crippen molar-refractivity contribution in [3.05, 3.63) is 71.6 Å². The van der Waals surface area contributed by atoms with Gasteiger partial charge < -0.3 is 5.32 Å². The first-order valence-electron chi connectivity index (χ1n) is 6.20. The molecule has 2 aromatic carbocycles. The van der Waals surface area contributed by atoms with Crippen molar-refractivity contribution in [3.8, 4) is 11.3 Å². The van der Waals surface area contributed by atoms with Crippen LogP contribution in [-0.2, 0) is 6.54 Å². The average molecular weight is 266 g/mol. The summed E-state index contributed by atoms with van der Waals surface area (Å²) in [7, 11) is 0. The van der Waals surface area contributed by atoms with Crippen molar-refractivity contribution in [3.63, 3.8) is 0 Å². The summed E-state index contributed by atoms with van der Waals surface area (Å²) in [5.41, 5.74) is 3.45. The lowest BCUT2D eigenvalue weighted by Crippen LogP contribution is -1.98. The fourth-order valence-corrected chi connectivity index (χ4v) is 2.59. The minimum atomic E-state index is 0.808. The van der Waals surface area contributed by atoms with Gasteiger partial charge in [-0.15, -0.1) is 11.3 Å². The molecule has 0 saturated carbocycles. The molecule has 0 fully saturated rings. The van der Waals surface area contributed by atoms with Gasteiger partial charge in [-0.1, -0.05) is 60.7 Å². The lowest BCUT2D eigenvalue weighted by Gasteiger charge is -2.02. The molecule has 0 saturated heterocycles. The highest BCUT2D eigenvalue weighted by atomic mass is 32.1. The molecule has 0 aliphatic carbocycles. The summed E-state index contributed by atoms with van der Waals surface area (Å²) in [6.45, 7) is 0.808. The monoisotopic (exact) mass is 266 g/mol. The number of hydrogen-bond acceptors (Lipinski definition) is 3. The molecule has 19 heavy (non-hydrogen) atoms. The third-order valence-corrected chi connectivity index (χ3v) is 3.66. The highest BCUT2D eigenvalue weighted by Gasteiger charge is 2.03. The van der Waals surface area contributed by atoms with Crippen LogP contribution in [0.2, 0.25) is 0 Å². The molecule has 0 bridgehead atoms. The first-order valence-corrected chi connectivity index (χ1v) is 7.08. The zero-order valence-electron chi connectivity index (χ0n) is 10.4. The minimum Gasteiger partial charge on any atom is -0.357 e. The summed E-state index contributed by atoms with van der Waals surface area (Å²) in [4.78, 5) is 4.60. The van der Waals surface area contributed by atoms with Crippen molar-refractivity contribution in [2.24, 2.45) is 0 Å². The van der Waals surface area contributed by atoms with E-state index >= 15 is 0 Å². The molecule has 1 heterocycles. The SMILES string of the molecule is c1ccc(CNc2nc(-c3ccccc3)cs2)cc1. The van der Waals surface area contributed by atoms with Gasteiger partial charge in [-0.3, -0.25) is 0 Å². The molecule has 0 aliphatic rings. The molecule has 0 spiro atoms. The van der Waals surface area contributed by atoms with Crippen LogP contribution in [0.4, 0.5) is 5.13 Å². The molecule has 0 aliphatic heterocycles. The largest absolute Gasteiger partial charge is 0.357 e. The van der Waals surface area contributed by atoms with Crippen molar-refractivity contribution >= 4 is 16.5 Å². The number of nitrogens with one attached hydrogen (secondary N) is 1. The maximum absolute atomic E-state index is 4.60. The minimum absolute atomic E-state index is 0.808. The number of nitrogens with zero attached hydrogens (tertiary/aromatic N) is 1. The van der Waals surface area contributed by atoms with Gasteiger partial charge in [-0.25, -0.2) is 4.98 Å². The van der Waals surface area contributed by atoms with Gasteiger partial charge in [0.15, 0.2) is 5.13 Å². The Hall–Kier alpha value is -2.13. The van der Waals surface area contributed by atoms with Crippen molar-refractivity contribution in [2.75, 3.05) is 5.32 Å². The quantitative estimate of drug-likeness (QED) is 0.756. The van der Waals surface area contributed by atoms with Crippen LogP contribution < -0.4 is 5.32 Å². The zero-order chi connectivity index (χ0) is 12.9. The highest BCUT2D eigenvalue weighted by molar-refractivity contribution is 7.14. The maximum Gasteiger partial charge on any atom is 0.183 e. The van der Waals surface area contributed by atoms with E-state index in [4.69, 9.17) is 0 Å². The van der Waals surface area contributed by atoms with Crippen molar-refractivity contribution < 1.29 is 0 Å². The van der Waals surface area contributed by atoms with E-state index in [2.05, 4.69) is 39.9 Å². The molecule has 1 N–H and O–H groups in total. The number of thiazole rings is 1. The second-order valence-corrected chi connectivity index (χ2v) is 5.10. The summed E-state index contributed by atoms with van der Waals surface area (Å²) >= 11 is 1.64. The maximum atomic E-state index is 4.60. The Morgan fingerprint density at radius 1 is 0.895 bits per heavy atom. The fourth-order valence-electron chi connectivity index (χ4n) is 1.87. The summed E-state index contributed by atoms with van der Waals surface area (Å²) < 4.78 is 0. The molecule has 0 radical (unpaired) electrons. The molecule has 0 unspecified atom stereocenters. The first kappa shape index (κ1) is 11.9. The van der Waals surface area contributed by atoms with Crippen LogP contribution in [0.5, 0.6) is 0 Å². The zero-order valence-corrected chi connectivity index (χ0v) is 11.2. The van der Waals surface area contributed by atoms with E-state index in [1.807, 2.05) is 36.4 Å². The normalized spacial score (nSPS) is 10.3. The van der Waals surface area contributed by atoms with Crippen molar-refractivity contribution in [2.45, 2.75) is 6.54 Å². The molecule has 3 heteroatoms. The highest BCUT2D eigenvalue weighted by Crippen LogP contribution is 2.24. The molecular weight excluding hydrogens is 252 g/mol. The molecule has 0 atom stereocenters. The molecule has 2 nitrogen and oxygen atoms in total. The van der Waals surface area contributed by atoms with Gasteiger partial charge in [0, 0.05) is 17.5 Å². The van der Waals surface area contributed by atoms with Crippen LogP contribution in [0.15, 0.2) is 66.0 Å². The molecule has 94 valence electrons. The Kier molecular flexibility index (Phi) is 3.56. The summed E-state index contributed by atoms with van der Waals surface area (Å²) in [5.74, 6) is 0. The molecule has 3 rings (SSSR count). The van der Waals surface area contributed by atoms with Gasteiger partial charge in [0.2, 0.25) is 0 Å². The van der Waals surface area contributed by atoms with E-state index in [0.29, 0.717) is 0 Å².